The van der Waals surface area contributed by atoms with Crippen LogP contribution in [0.2, 0.25) is 0 Å². The van der Waals surface area contributed by atoms with Crippen molar-refractivity contribution >= 4 is 28.6 Å². The molecular formula is C18H15N3O3. The summed E-state index contributed by atoms with van der Waals surface area (Å²) in [5.41, 5.74) is 3.36. The van der Waals surface area contributed by atoms with Crippen molar-refractivity contribution in [2.45, 2.75) is 6.92 Å². The van der Waals surface area contributed by atoms with Crippen LogP contribution in [0.1, 0.15) is 15.9 Å². The molecule has 120 valence electrons. The summed E-state index contributed by atoms with van der Waals surface area (Å²) in [6.45, 7) is 1.60. The molecule has 0 radical (unpaired) electrons. The molecule has 0 fully saturated rings. The molecule has 1 amide bonds. The highest BCUT2D eigenvalue weighted by Gasteiger charge is 2.11. The maximum atomic E-state index is 12.0. The Hall–Kier alpha value is -3.28. The first-order valence-corrected chi connectivity index (χ1v) is 7.36. The van der Waals surface area contributed by atoms with E-state index in [-0.39, 0.29) is 6.61 Å². The van der Waals surface area contributed by atoms with Crippen molar-refractivity contribution in [2.24, 2.45) is 0 Å². The number of anilines is 1. The number of esters is 1. The predicted octanol–water partition coefficient (Wildman–Crippen LogP) is 2.73. The van der Waals surface area contributed by atoms with Crippen molar-refractivity contribution in [1.29, 1.82) is 0 Å². The second-order valence-corrected chi connectivity index (χ2v) is 5.25. The highest BCUT2D eigenvalue weighted by molar-refractivity contribution is 5.97. The monoisotopic (exact) mass is 321 g/mol. The normalized spacial score (nSPS) is 10.4. The molecule has 0 spiro atoms. The lowest BCUT2D eigenvalue weighted by atomic mass is 10.2. The maximum absolute atomic E-state index is 12.0. The van der Waals surface area contributed by atoms with E-state index in [1.165, 1.54) is 0 Å². The Bertz CT molecular complexity index is 891. The van der Waals surface area contributed by atoms with E-state index in [0.717, 1.165) is 5.56 Å². The number of nitrogens with one attached hydrogen (secondary N) is 1. The number of benzene rings is 2. The summed E-state index contributed by atoms with van der Waals surface area (Å²) >= 11 is 0. The SMILES string of the molecule is Cc1ccc(NC(=O)COC(=O)c2ccc3nccnc3c2)cc1. The van der Waals surface area contributed by atoms with Crippen LogP contribution in [0.25, 0.3) is 11.0 Å². The van der Waals surface area contributed by atoms with Crippen LogP contribution in [-0.2, 0) is 9.53 Å². The van der Waals surface area contributed by atoms with Gasteiger partial charge in [-0.2, -0.15) is 0 Å². The molecule has 0 aliphatic heterocycles. The lowest BCUT2D eigenvalue weighted by Crippen LogP contribution is -2.20. The number of fused-ring (bicyclic) bond motifs is 1. The first-order valence-electron chi connectivity index (χ1n) is 7.36. The number of ether oxygens (including phenoxy) is 1. The molecule has 1 N–H and O–H groups in total. The number of carbonyl (C=O) groups is 2. The van der Waals surface area contributed by atoms with Gasteiger partial charge in [-0.25, -0.2) is 4.79 Å². The highest BCUT2D eigenvalue weighted by Crippen LogP contribution is 2.12. The Kier molecular flexibility index (Phi) is 4.47. The summed E-state index contributed by atoms with van der Waals surface area (Å²) in [5.74, 6) is -0.977. The van der Waals surface area contributed by atoms with Gasteiger partial charge in [0.1, 0.15) is 0 Å². The number of carbonyl (C=O) groups excluding carboxylic acids is 2. The molecule has 6 heteroatoms. The number of nitrogens with zero attached hydrogens (tertiary/aromatic N) is 2. The van der Waals surface area contributed by atoms with Crippen molar-refractivity contribution in [1.82, 2.24) is 9.97 Å². The standard InChI is InChI=1S/C18H15N3O3/c1-12-2-5-14(6-3-12)21-17(22)11-24-18(23)13-4-7-15-16(10-13)20-9-8-19-15/h2-10H,11H2,1H3,(H,21,22). The Morgan fingerprint density at radius 2 is 1.71 bits per heavy atom. The molecule has 3 aromatic rings. The van der Waals surface area contributed by atoms with Crippen LogP contribution >= 0.6 is 0 Å². The quantitative estimate of drug-likeness (QED) is 0.747. The first-order chi connectivity index (χ1) is 11.6. The largest absolute Gasteiger partial charge is 0.452 e. The summed E-state index contributed by atoms with van der Waals surface area (Å²) in [6.07, 6.45) is 3.13. The molecule has 6 nitrogen and oxygen atoms in total. The fraction of sp³-hybridized carbons (Fsp3) is 0.111. The van der Waals surface area contributed by atoms with Gasteiger partial charge in [0, 0.05) is 18.1 Å². The lowest BCUT2D eigenvalue weighted by Gasteiger charge is -2.07. The minimum atomic E-state index is -0.582. The minimum Gasteiger partial charge on any atom is -0.452 e. The summed E-state index contributed by atoms with van der Waals surface area (Å²) in [6, 6.07) is 12.2. The fourth-order valence-corrected chi connectivity index (χ4v) is 2.14. The number of aromatic nitrogens is 2. The molecule has 1 aromatic heterocycles. The zero-order valence-electron chi connectivity index (χ0n) is 13.0. The van der Waals surface area contributed by atoms with Gasteiger partial charge in [-0.05, 0) is 37.3 Å². The van der Waals surface area contributed by atoms with E-state index in [9.17, 15) is 9.59 Å². The number of amides is 1. The van der Waals surface area contributed by atoms with E-state index in [4.69, 9.17) is 4.74 Å². The fourth-order valence-electron chi connectivity index (χ4n) is 2.14. The molecule has 0 saturated heterocycles. The summed E-state index contributed by atoms with van der Waals surface area (Å²) in [5, 5.41) is 2.67. The third-order valence-electron chi connectivity index (χ3n) is 3.37. The Morgan fingerprint density at radius 3 is 2.46 bits per heavy atom. The van der Waals surface area contributed by atoms with E-state index >= 15 is 0 Å². The molecule has 0 atom stereocenters. The van der Waals surface area contributed by atoms with Crippen molar-refractivity contribution in [3.05, 3.63) is 66.0 Å². The zero-order chi connectivity index (χ0) is 16.9. The van der Waals surface area contributed by atoms with Gasteiger partial charge in [0.2, 0.25) is 0 Å². The van der Waals surface area contributed by atoms with Gasteiger partial charge in [-0.3, -0.25) is 14.8 Å². The third-order valence-corrected chi connectivity index (χ3v) is 3.37. The number of hydrogen-bond donors (Lipinski definition) is 1. The van der Waals surface area contributed by atoms with Gasteiger partial charge < -0.3 is 10.1 Å². The number of aryl methyl sites for hydroxylation is 1. The second kappa shape index (κ2) is 6.87. The topological polar surface area (TPSA) is 81.2 Å². The van der Waals surface area contributed by atoms with Crippen LogP contribution in [-0.4, -0.2) is 28.5 Å². The molecule has 2 aromatic carbocycles. The molecule has 24 heavy (non-hydrogen) atoms. The van der Waals surface area contributed by atoms with Gasteiger partial charge in [-0.1, -0.05) is 17.7 Å². The molecule has 0 aliphatic rings. The average Bonchev–Trinajstić information content (AvgIpc) is 2.61. The van der Waals surface area contributed by atoms with Crippen molar-refractivity contribution < 1.29 is 14.3 Å². The summed E-state index contributed by atoms with van der Waals surface area (Å²) in [4.78, 5) is 32.1. The average molecular weight is 321 g/mol. The molecule has 0 unspecified atom stereocenters. The van der Waals surface area contributed by atoms with Crippen LogP contribution < -0.4 is 5.32 Å². The predicted molar refractivity (Wildman–Crippen MR) is 89.6 cm³/mol. The van der Waals surface area contributed by atoms with E-state index in [0.29, 0.717) is 22.3 Å². The molecule has 1 heterocycles. The lowest BCUT2D eigenvalue weighted by molar-refractivity contribution is -0.119. The van der Waals surface area contributed by atoms with Crippen molar-refractivity contribution in [3.8, 4) is 0 Å². The van der Waals surface area contributed by atoms with Gasteiger partial charge >= 0.3 is 5.97 Å². The maximum Gasteiger partial charge on any atom is 0.338 e. The number of rotatable bonds is 4. The van der Waals surface area contributed by atoms with Crippen LogP contribution in [0.4, 0.5) is 5.69 Å². The van der Waals surface area contributed by atoms with Crippen molar-refractivity contribution in [2.75, 3.05) is 11.9 Å². The van der Waals surface area contributed by atoms with Crippen molar-refractivity contribution in [3.63, 3.8) is 0 Å². The summed E-state index contributed by atoms with van der Waals surface area (Å²) < 4.78 is 5.04. The molecule has 0 bridgehead atoms. The van der Waals surface area contributed by atoms with Gasteiger partial charge in [0.05, 0.1) is 16.6 Å². The van der Waals surface area contributed by atoms with Crippen LogP contribution in [0.3, 0.4) is 0 Å². The van der Waals surface area contributed by atoms with Crippen LogP contribution in [0.15, 0.2) is 54.9 Å². The van der Waals surface area contributed by atoms with E-state index in [1.54, 1.807) is 42.7 Å². The molecule has 0 aliphatic carbocycles. The van der Waals surface area contributed by atoms with E-state index < -0.39 is 11.9 Å². The minimum absolute atomic E-state index is 0.325. The smallest absolute Gasteiger partial charge is 0.338 e. The van der Waals surface area contributed by atoms with Gasteiger partial charge in [0.25, 0.3) is 5.91 Å². The zero-order valence-corrected chi connectivity index (χ0v) is 13.0. The first kappa shape index (κ1) is 15.6. The molecule has 3 rings (SSSR count). The van der Waals surface area contributed by atoms with E-state index in [1.807, 2.05) is 19.1 Å². The molecule has 0 saturated carbocycles. The molecular weight excluding hydrogens is 306 g/mol. The second-order valence-electron chi connectivity index (χ2n) is 5.25. The Morgan fingerprint density at radius 1 is 1.00 bits per heavy atom. The van der Waals surface area contributed by atoms with Gasteiger partial charge in [-0.15, -0.1) is 0 Å². The van der Waals surface area contributed by atoms with E-state index in [2.05, 4.69) is 15.3 Å². The Labute approximate surface area is 138 Å². The Balaban J connectivity index is 1.59. The van der Waals surface area contributed by atoms with Crippen LogP contribution in [0, 0.1) is 6.92 Å². The van der Waals surface area contributed by atoms with Gasteiger partial charge in [0.15, 0.2) is 6.61 Å². The summed E-state index contributed by atoms with van der Waals surface area (Å²) in [7, 11) is 0. The third kappa shape index (κ3) is 3.73. The van der Waals surface area contributed by atoms with Crippen LogP contribution in [0.5, 0.6) is 0 Å². The number of hydrogen-bond acceptors (Lipinski definition) is 5. The highest BCUT2D eigenvalue weighted by atomic mass is 16.5.